The Balaban J connectivity index is 0.925. The quantitative estimate of drug-likeness (QED) is 0.150. The zero-order chi connectivity index (χ0) is 31.4. The fraction of sp³-hybridized carbons (Fsp3) is 0.323. The number of ether oxygens (including phenoxy) is 4. The van der Waals surface area contributed by atoms with Gasteiger partial charge in [0.25, 0.3) is 0 Å². The SMILES string of the molecule is O=[N+]([O-])c1cn2c(n1)OC(COc1ccc(N3CCC(Nc4ccc(Oc5ccc(OC(F)(F)F)cc5)cc4)CC3)cc1)CC2. The van der Waals surface area contributed by atoms with Crippen molar-refractivity contribution in [3.8, 4) is 29.0 Å². The second kappa shape index (κ2) is 12.8. The molecule has 45 heavy (non-hydrogen) atoms. The van der Waals surface area contributed by atoms with Crippen molar-refractivity contribution in [1.29, 1.82) is 0 Å². The van der Waals surface area contributed by atoms with Crippen molar-refractivity contribution in [3.63, 3.8) is 0 Å². The molecule has 0 aliphatic carbocycles. The predicted molar refractivity (Wildman–Crippen MR) is 158 cm³/mol. The first-order chi connectivity index (χ1) is 21.7. The Hall–Kier alpha value is -5.14. The summed E-state index contributed by atoms with van der Waals surface area (Å²) in [4.78, 5) is 16.7. The van der Waals surface area contributed by atoms with E-state index in [1.807, 2.05) is 48.5 Å². The highest BCUT2D eigenvalue weighted by Crippen LogP contribution is 2.30. The molecule has 2 aliphatic heterocycles. The predicted octanol–water partition coefficient (Wildman–Crippen LogP) is 6.79. The maximum atomic E-state index is 12.3. The van der Waals surface area contributed by atoms with Gasteiger partial charge < -0.3 is 39.3 Å². The van der Waals surface area contributed by atoms with Crippen molar-refractivity contribution in [2.75, 3.05) is 29.9 Å². The number of benzene rings is 3. The van der Waals surface area contributed by atoms with Gasteiger partial charge in [-0.25, -0.2) is 0 Å². The fourth-order valence-corrected chi connectivity index (χ4v) is 5.26. The summed E-state index contributed by atoms with van der Waals surface area (Å²) in [5.41, 5.74) is 2.07. The highest BCUT2D eigenvalue weighted by molar-refractivity contribution is 5.51. The minimum absolute atomic E-state index is 0.225. The van der Waals surface area contributed by atoms with Crippen molar-refractivity contribution >= 4 is 17.2 Å². The van der Waals surface area contributed by atoms with Crippen LogP contribution in [0, 0.1) is 10.1 Å². The summed E-state index contributed by atoms with van der Waals surface area (Å²) in [5, 5.41) is 14.5. The van der Waals surface area contributed by atoms with Crippen LogP contribution in [0.5, 0.6) is 29.0 Å². The number of rotatable bonds is 10. The summed E-state index contributed by atoms with van der Waals surface area (Å²) in [6.07, 6.45) is -1.02. The molecule has 14 heteroatoms. The molecular formula is C31H30F3N5O6. The first-order valence-electron chi connectivity index (χ1n) is 14.4. The fourth-order valence-electron chi connectivity index (χ4n) is 5.26. The molecule has 6 rings (SSSR count). The van der Waals surface area contributed by atoms with Gasteiger partial charge in [0, 0.05) is 48.5 Å². The van der Waals surface area contributed by atoms with E-state index in [9.17, 15) is 23.3 Å². The zero-order valence-corrected chi connectivity index (χ0v) is 24.0. The van der Waals surface area contributed by atoms with E-state index in [0.717, 1.165) is 43.1 Å². The summed E-state index contributed by atoms with van der Waals surface area (Å²) >= 11 is 0. The second-order valence-electron chi connectivity index (χ2n) is 10.7. The third-order valence-corrected chi connectivity index (χ3v) is 7.53. The lowest BCUT2D eigenvalue weighted by molar-refractivity contribution is -0.389. The molecule has 1 atom stereocenters. The van der Waals surface area contributed by atoms with Crippen molar-refractivity contribution in [3.05, 3.63) is 89.1 Å². The van der Waals surface area contributed by atoms with E-state index in [-0.39, 0.29) is 23.7 Å². The van der Waals surface area contributed by atoms with Gasteiger partial charge in [-0.05, 0) is 90.6 Å². The van der Waals surface area contributed by atoms with Gasteiger partial charge in [0.2, 0.25) is 0 Å². The first kappa shape index (κ1) is 29.9. The second-order valence-corrected chi connectivity index (χ2v) is 10.7. The van der Waals surface area contributed by atoms with Crippen molar-refractivity contribution < 1.29 is 37.0 Å². The lowest BCUT2D eigenvalue weighted by atomic mass is 10.0. The van der Waals surface area contributed by atoms with Crippen LogP contribution in [0.15, 0.2) is 79.0 Å². The number of fused-ring (bicyclic) bond motifs is 1. The molecule has 1 aromatic heterocycles. The Morgan fingerprint density at radius 2 is 1.51 bits per heavy atom. The summed E-state index contributed by atoms with van der Waals surface area (Å²) in [5.74, 6) is 1.16. The molecule has 11 nitrogen and oxygen atoms in total. The molecule has 1 N–H and O–H groups in total. The van der Waals surface area contributed by atoms with Crippen molar-refractivity contribution in [2.45, 2.75) is 44.3 Å². The molecular weight excluding hydrogens is 595 g/mol. The van der Waals surface area contributed by atoms with Gasteiger partial charge in [-0.15, -0.1) is 13.2 Å². The summed E-state index contributed by atoms with van der Waals surface area (Å²) in [7, 11) is 0. The van der Waals surface area contributed by atoms with E-state index in [2.05, 4.69) is 19.9 Å². The number of nitrogens with zero attached hydrogens (tertiary/aromatic N) is 4. The number of imidazole rings is 1. The molecule has 236 valence electrons. The Bertz CT molecular complexity index is 1590. The summed E-state index contributed by atoms with van der Waals surface area (Å²) < 4.78 is 60.0. The minimum Gasteiger partial charge on any atom is -0.490 e. The molecule has 0 saturated carbocycles. The van der Waals surface area contributed by atoms with Crippen LogP contribution >= 0.6 is 0 Å². The molecule has 0 amide bonds. The molecule has 0 bridgehead atoms. The molecule has 0 spiro atoms. The summed E-state index contributed by atoms with van der Waals surface area (Å²) in [6, 6.07) is 21.2. The average molecular weight is 626 g/mol. The van der Waals surface area contributed by atoms with E-state index in [1.54, 1.807) is 4.57 Å². The lowest BCUT2D eigenvalue weighted by Crippen LogP contribution is -2.39. The highest BCUT2D eigenvalue weighted by atomic mass is 19.4. The monoisotopic (exact) mass is 625 g/mol. The van der Waals surface area contributed by atoms with Crippen LogP contribution in [0.2, 0.25) is 0 Å². The van der Waals surface area contributed by atoms with Gasteiger partial charge in [0.05, 0.1) is 0 Å². The van der Waals surface area contributed by atoms with E-state index >= 15 is 0 Å². The number of piperidine rings is 1. The maximum Gasteiger partial charge on any atom is 0.573 e. The average Bonchev–Trinajstić information content (AvgIpc) is 3.46. The third-order valence-electron chi connectivity index (χ3n) is 7.53. The van der Waals surface area contributed by atoms with Gasteiger partial charge in [-0.3, -0.25) is 4.57 Å². The largest absolute Gasteiger partial charge is 0.573 e. The van der Waals surface area contributed by atoms with Crippen LogP contribution in [-0.4, -0.2) is 52.7 Å². The maximum absolute atomic E-state index is 12.3. The van der Waals surface area contributed by atoms with E-state index in [0.29, 0.717) is 37.1 Å². The number of nitrogens with one attached hydrogen (secondary N) is 1. The number of hydrogen-bond donors (Lipinski definition) is 1. The first-order valence-corrected chi connectivity index (χ1v) is 14.4. The van der Waals surface area contributed by atoms with Crippen LogP contribution < -0.4 is 29.2 Å². The molecule has 1 unspecified atom stereocenters. The Morgan fingerprint density at radius 3 is 2.16 bits per heavy atom. The number of aryl methyl sites for hydroxylation is 1. The normalized spacial score (nSPS) is 16.8. The lowest BCUT2D eigenvalue weighted by Gasteiger charge is -2.34. The smallest absolute Gasteiger partial charge is 0.490 e. The molecule has 3 heterocycles. The Labute approximate surface area is 256 Å². The molecule has 4 aromatic rings. The third kappa shape index (κ3) is 7.88. The van der Waals surface area contributed by atoms with E-state index in [1.165, 1.54) is 30.5 Å². The standard InChI is InChI=1S/C31H30F3N5O6/c32-31(33,34)45-27-11-9-26(10-12-27)43-25-5-1-21(2-6-25)35-22-13-16-37(17-14-22)23-3-7-24(8-4-23)42-20-28-15-18-38-19-29(39(40)41)36-30(38)44-28/h1-12,19,22,28,35H,13-18,20H2. The Kier molecular flexibility index (Phi) is 8.54. The van der Waals surface area contributed by atoms with Gasteiger partial charge in [-0.2, -0.15) is 0 Å². The molecule has 1 fully saturated rings. The number of anilines is 2. The number of aromatic nitrogens is 2. The van der Waals surface area contributed by atoms with Crippen molar-refractivity contribution in [1.82, 2.24) is 9.55 Å². The number of halogens is 3. The van der Waals surface area contributed by atoms with Gasteiger partial charge >= 0.3 is 18.2 Å². The van der Waals surface area contributed by atoms with Crippen LogP contribution in [0.1, 0.15) is 19.3 Å². The van der Waals surface area contributed by atoms with Crippen molar-refractivity contribution in [2.24, 2.45) is 0 Å². The number of nitro groups is 1. The minimum atomic E-state index is -4.74. The van der Waals surface area contributed by atoms with Crippen LogP contribution in [-0.2, 0) is 6.54 Å². The van der Waals surface area contributed by atoms with Gasteiger partial charge in [0.1, 0.15) is 41.9 Å². The van der Waals surface area contributed by atoms with Gasteiger partial charge in [0.15, 0.2) is 0 Å². The molecule has 0 radical (unpaired) electrons. The topological polar surface area (TPSA) is 113 Å². The van der Waals surface area contributed by atoms with Gasteiger partial charge in [-0.1, -0.05) is 0 Å². The van der Waals surface area contributed by atoms with Crippen LogP contribution in [0.3, 0.4) is 0 Å². The molecule has 1 saturated heterocycles. The van der Waals surface area contributed by atoms with Crippen LogP contribution in [0.4, 0.5) is 30.4 Å². The number of hydrogen-bond acceptors (Lipinski definition) is 9. The van der Waals surface area contributed by atoms with Crippen LogP contribution in [0.25, 0.3) is 0 Å². The van der Waals surface area contributed by atoms with E-state index in [4.69, 9.17) is 14.2 Å². The highest BCUT2D eigenvalue weighted by Gasteiger charge is 2.31. The number of alkyl halides is 3. The molecule has 3 aromatic carbocycles. The Morgan fingerprint density at radius 1 is 0.889 bits per heavy atom. The van der Waals surface area contributed by atoms with E-state index < -0.39 is 11.3 Å². The zero-order valence-electron chi connectivity index (χ0n) is 24.0. The summed E-state index contributed by atoms with van der Waals surface area (Å²) in [6.45, 7) is 2.68. The molecule has 2 aliphatic rings.